The number of likely N-dealkylation sites (N-methyl/N-ethyl adjacent to an activating group) is 1. The molecule has 0 fully saturated rings. The highest BCUT2D eigenvalue weighted by atomic mass is 35.5. The molecule has 0 saturated carbocycles. The Morgan fingerprint density at radius 2 is 2.21 bits per heavy atom. The van der Waals surface area contributed by atoms with E-state index >= 15 is 0 Å². The standard InChI is InChI=1S/C10H12ClNO2/c1-12-10(13)7-14-6-8-4-2-3-5-9(8)11/h2-5H,6-7H2,1H3,(H,12,13). The van der Waals surface area contributed by atoms with Crippen molar-refractivity contribution >= 4 is 17.5 Å². The van der Waals surface area contributed by atoms with E-state index in [0.29, 0.717) is 11.6 Å². The van der Waals surface area contributed by atoms with Crippen molar-refractivity contribution in [1.82, 2.24) is 5.32 Å². The molecule has 0 saturated heterocycles. The second kappa shape index (κ2) is 5.62. The number of carbonyl (C=O) groups is 1. The highest BCUT2D eigenvalue weighted by Crippen LogP contribution is 2.15. The van der Waals surface area contributed by atoms with E-state index in [1.165, 1.54) is 0 Å². The first-order chi connectivity index (χ1) is 6.74. The predicted octanol–water partition coefficient (Wildman–Crippen LogP) is 1.60. The third-order valence-electron chi connectivity index (χ3n) is 1.73. The third-order valence-corrected chi connectivity index (χ3v) is 2.10. The normalized spacial score (nSPS) is 9.86. The Kier molecular flexibility index (Phi) is 4.43. The summed E-state index contributed by atoms with van der Waals surface area (Å²) >= 11 is 5.89. The molecule has 1 N–H and O–H groups in total. The molecule has 0 aliphatic carbocycles. The van der Waals surface area contributed by atoms with E-state index in [1.807, 2.05) is 18.2 Å². The number of hydrogen-bond donors (Lipinski definition) is 1. The van der Waals surface area contributed by atoms with Crippen molar-refractivity contribution in [2.24, 2.45) is 0 Å². The summed E-state index contributed by atoms with van der Waals surface area (Å²) in [5.74, 6) is -0.142. The van der Waals surface area contributed by atoms with Crippen LogP contribution in [-0.4, -0.2) is 19.6 Å². The average molecular weight is 214 g/mol. The minimum Gasteiger partial charge on any atom is -0.367 e. The van der Waals surface area contributed by atoms with Crippen LogP contribution < -0.4 is 5.32 Å². The van der Waals surface area contributed by atoms with Gasteiger partial charge in [-0.1, -0.05) is 29.8 Å². The van der Waals surface area contributed by atoms with E-state index < -0.39 is 0 Å². The molecule has 3 nitrogen and oxygen atoms in total. The highest BCUT2D eigenvalue weighted by Gasteiger charge is 2.01. The second-order valence-electron chi connectivity index (χ2n) is 2.76. The zero-order chi connectivity index (χ0) is 10.4. The molecule has 0 radical (unpaired) electrons. The SMILES string of the molecule is CNC(=O)COCc1ccccc1Cl. The Balaban J connectivity index is 2.39. The first-order valence-corrected chi connectivity index (χ1v) is 4.63. The highest BCUT2D eigenvalue weighted by molar-refractivity contribution is 6.31. The lowest BCUT2D eigenvalue weighted by Gasteiger charge is -2.04. The Hall–Kier alpha value is -1.06. The topological polar surface area (TPSA) is 38.3 Å². The fourth-order valence-corrected chi connectivity index (χ4v) is 1.13. The molecule has 0 aromatic heterocycles. The minimum absolute atomic E-state index is 0.0573. The van der Waals surface area contributed by atoms with Crippen molar-refractivity contribution < 1.29 is 9.53 Å². The second-order valence-corrected chi connectivity index (χ2v) is 3.16. The Morgan fingerprint density at radius 3 is 2.86 bits per heavy atom. The van der Waals surface area contributed by atoms with Crippen molar-refractivity contribution in [2.45, 2.75) is 6.61 Å². The van der Waals surface area contributed by atoms with E-state index in [1.54, 1.807) is 13.1 Å². The molecule has 1 aromatic carbocycles. The zero-order valence-corrected chi connectivity index (χ0v) is 8.67. The van der Waals surface area contributed by atoms with Gasteiger partial charge in [0.05, 0.1) is 6.61 Å². The van der Waals surface area contributed by atoms with Crippen molar-refractivity contribution in [3.8, 4) is 0 Å². The van der Waals surface area contributed by atoms with Crippen LogP contribution in [0.3, 0.4) is 0 Å². The lowest BCUT2D eigenvalue weighted by atomic mass is 10.2. The number of halogens is 1. The van der Waals surface area contributed by atoms with Gasteiger partial charge < -0.3 is 10.1 Å². The van der Waals surface area contributed by atoms with E-state index in [0.717, 1.165) is 5.56 Å². The molecule has 76 valence electrons. The van der Waals surface area contributed by atoms with E-state index in [-0.39, 0.29) is 12.5 Å². The Morgan fingerprint density at radius 1 is 1.50 bits per heavy atom. The van der Waals surface area contributed by atoms with Gasteiger partial charge in [-0.05, 0) is 11.6 Å². The summed E-state index contributed by atoms with van der Waals surface area (Å²) < 4.78 is 5.16. The van der Waals surface area contributed by atoms with Gasteiger partial charge in [0.25, 0.3) is 0 Å². The lowest BCUT2D eigenvalue weighted by molar-refractivity contribution is -0.125. The van der Waals surface area contributed by atoms with Gasteiger partial charge in [-0.3, -0.25) is 4.79 Å². The molecule has 0 spiro atoms. The summed E-state index contributed by atoms with van der Waals surface area (Å²) in [5, 5.41) is 3.13. The van der Waals surface area contributed by atoms with Gasteiger partial charge in [0.2, 0.25) is 5.91 Å². The number of rotatable bonds is 4. The number of benzene rings is 1. The maximum Gasteiger partial charge on any atom is 0.245 e. The number of nitrogens with one attached hydrogen (secondary N) is 1. The lowest BCUT2D eigenvalue weighted by Crippen LogP contribution is -2.23. The summed E-state index contributed by atoms with van der Waals surface area (Å²) in [6, 6.07) is 7.39. The summed E-state index contributed by atoms with van der Waals surface area (Å²) in [5.41, 5.74) is 0.887. The average Bonchev–Trinajstić information content (AvgIpc) is 2.20. The van der Waals surface area contributed by atoms with Crippen molar-refractivity contribution in [1.29, 1.82) is 0 Å². The third kappa shape index (κ3) is 3.36. The summed E-state index contributed by atoms with van der Waals surface area (Å²) in [6.07, 6.45) is 0. The first kappa shape index (κ1) is 11.0. The first-order valence-electron chi connectivity index (χ1n) is 4.25. The van der Waals surface area contributed by atoms with Gasteiger partial charge in [0.15, 0.2) is 0 Å². The Bertz CT molecular complexity index is 315. The molecule has 14 heavy (non-hydrogen) atoms. The van der Waals surface area contributed by atoms with Crippen LogP contribution >= 0.6 is 11.6 Å². The number of hydrogen-bond acceptors (Lipinski definition) is 2. The maximum atomic E-state index is 10.8. The van der Waals surface area contributed by atoms with Crippen LogP contribution in [0.2, 0.25) is 5.02 Å². The van der Waals surface area contributed by atoms with Crippen LogP contribution in [0.1, 0.15) is 5.56 Å². The molecule has 0 aliphatic heterocycles. The van der Waals surface area contributed by atoms with Crippen molar-refractivity contribution in [2.75, 3.05) is 13.7 Å². The molecule has 0 aliphatic rings. The van der Waals surface area contributed by atoms with Crippen LogP contribution in [0.25, 0.3) is 0 Å². The van der Waals surface area contributed by atoms with E-state index in [2.05, 4.69) is 5.32 Å². The van der Waals surface area contributed by atoms with Gasteiger partial charge in [0, 0.05) is 12.1 Å². The fraction of sp³-hybridized carbons (Fsp3) is 0.300. The largest absolute Gasteiger partial charge is 0.367 e. The number of carbonyl (C=O) groups excluding carboxylic acids is 1. The molecular formula is C10H12ClNO2. The van der Waals surface area contributed by atoms with Crippen LogP contribution in [0.15, 0.2) is 24.3 Å². The van der Waals surface area contributed by atoms with Gasteiger partial charge in [-0.15, -0.1) is 0 Å². The quantitative estimate of drug-likeness (QED) is 0.825. The molecule has 0 bridgehead atoms. The fourth-order valence-electron chi connectivity index (χ4n) is 0.941. The van der Waals surface area contributed by atoms with Crippen LogP contribution in [-0.2, 0) is 16.1 Å². The van der Waals surface area contributed by atoms with Crippen LogP contribution in [0, 0.1) is 0 Å². The van der Waals surface area contributed by atoms with Gasteiger partial charge in [-0.25, -0.2) is 0 Å². The zero-order valence-electron chi connectivity index (χ0n) is 7.92. The summed E-state index contributed by atoms with van der Waals surface area (Å²) in [4.78, 5) is 10.8. The predicted molar refractivity (Wildman–Crippen MR) is 55.2 cm³/mol. The van der Waals surface area contributed by atoms with E-state index in [4.69, 9.17) is 16.3 Å². The molecular weight excluding hydrogens is 202 g/mol. The molecule has 1 aromatic rings. The number of amides is 1. The van der Waals surface area contributed by atoms with Gasteiger partial charge in [0.1, 0.15) is 6.61 Å². The van der Waals surface area contributed by atoms with Crippen molar-refractivity contribution in [3.63, 3.8) is 0 Å². The molecule has 0 unspecified atom stereocenters. The number of ether oxygens (including phenoxy) is 1. The molecule has 1 rings (SSSR count). The minimum atomic E-state index is -0.142. The van der Waals surface area contributed by atoms with Crippen molar-refractivity contribution in [3.05, 3.63) is 34.9 Å². The van der Waals surface area contributed by atoms with Crippen LogP contribution in [0.4, 0.5) is 0 Å². The Labute approximate surface area is 88.0 Å². The molecule has 0 atom stereocenters. The summed E-state index contributed by atoms with van der Waals surface area (Å²) in [7, 11) is 1.57. The van der Waals surface area contributed by atoms with Gasteiger partial charge in [-0.2, -0.15) is 0 Å². The van der Waals surface area contributed by atoms with Gasteiger partial charge >= 0.3 is 0 Å². The molecule has 4 heteroatoms. The smallest absolute Gasteiger partial charge is 0.245 e. The maximum absolute atomic E-state index is 10.8. The van der Waals surface area contributed by atoms with Crippen LogP contribution in [0.5, 0.6) is 0 Å². The molecule has 0 heterocycles. The summed E-state index contributed by atoms with van der Waals surface area (Å²) in [6.45, 7) is 0.412. The molecule has 1 amide bonds. The monoisotopic (exact) mass is 213 g/mol. The van der Waals surface area contributed by atoms with E-state index in [9.17, 15) is 4.79 Å².